The van der Waals surface area contributed by atoms with E-state index in [1.54, 1.807) is 26.1 Å². The minimum Gasteiger partial charge on any atom is -0.392 e. The van der Waals surface area contributed by atoms with Crippen LogP contribution in [0.5, 0.6) is 0 Å². The van der Waals surface area contributed by atoms with Crippen LogP contribution in [-0.4, -0.2) is 46.4 Å². The fourth-order valence-corrected chi connectivity index (χ4v) is 2.30. The van der Waals surface area contributed by atoms with Gasteiger partial charge >= 0.3 is 0 Å². The van der Waals surface area contributed by atoms with Gasteiger partial charge in [0.1, 0.15) is 5.82 Å². The Hall–Kier alpha value is -1.16. The first kappa shape index (κ1) is 22.8. The number of hydrogen-bond donors (Lipinski definition) is 3. The first-order valence-electron chi connectivity index (χ1n) is 8.28. The molecule has 0 bridgehead atoms. The van der Waals surface area contributed by atoms with E-state index in [2.05, 4.69) is 21.1 Å². The zero-order chi connectivity index (χ0) is 18.9. The Kier molecular flexibility index (Phi) is 10.1. The first-order chi connectivity index (χ1) is 11.2. The normalized spacial score (nSPS) is 18.9. The summed E-state index contributed by atoms with van der Waals surface area (Å²) < 4.78 is 0. The molecule has 6 heteroatoms. The molecule has 0 aromatic rings. The monoisotopic (exact) mass is 356 g/mol. The fourth-order valence-electron chi connectivity index (χ4n) is 2.30. The molecule has 3 N–H and O–H groups in total. The molecule has 5 nitrogen and oxygen atoms in total. The van der Waals surface area contributed by atoms with Gasteiger partial charge in [-0.15, -0.1) is 9.24 Å². The van der Waals surface area contributed by atoms with E-state index in [4.69, 9.17) is 0 Å². The number of nitrogens with one attached hydrogen (secondary N) is 1. The summed E-state index contributed by atoms with van der Waals surface area (Å²) in [7, 11) is 2.42. The molecular weight excluding hydrogens is 323 g/mol. The van der Waals surface area contributed by atoms with Gasteiger partial charge in [0, 0.05) is 18.3 Å². The Morgan fingerprint density at radius 1 is 1.54 bits per heavy atom. The van der Waals surface area contributed by atoms with Crippen LogP contribution in [0.2, 0.25) is 0 Å². The van der Waals surface area contributed by atoms with Crippen LogP contribution in [-0.2, 0) is 4.79 Å². The summed E-state index contributed by atoms with van der Waals surface area (Å²) in [4.78, 5) is 13.3. The number of rotatable bonds is 7. The van der Waals surface area contributed by atoms with Gasteiger partial charge in [0.05, 0.1) is 12.2 Å². The number of hydrogen-bond acceptors (Lipinski definition) is 4. The molecule has 138 valence electrons. The van der Waals surface area contributed by atoms with Gasteiger partial charge in [-0.3, -0.25) is 4.79 Å². The third-order valence-electron chi connectivity index (χ3n) is 4.30. The predicted molar refractivity (Wildman–Crippen MR) is 103 cm³/mol. The highest BCUT2D eigenvalue weighted by atomic mass is 31.0. The van der Waals surface area contributed by atoms with Crippen LogP contribution in [0.25, 0.3) is 0 Å². The lowest BCUT2D eigenvalue weighted by molar-refractivity contribution is -0.117. The molecule has 0 radical (unpaired) electrons. The van der Waals surface area contributed by atoms with Crippen molar-refractivity contribution in [1.29, 1.82) is 0 Å². The van der Waals surface area contributed by atoms with Crippen molar-refractivity contribution in [2.75, 3.05) is 19.8 Å². The van der Waals surface area contributed by atoms with Crippen molar-refractivity contribution in [3.63, 3.8) is 0 Å². The van der Waals surface area contributed by atoms with E-state index in [1.807, 2.05) is 25.4 Å². The van der Waals surface area contributed by atoms with Crippen molar-refractivity contribution in [2.45, 2.75) is 46.1 Å². The molecule has 0 fully saturated rings. The third kappa shape index (κ3) is 6.76. The Balaban J connectivity index is 0.00000254. The van der Waals surface area contributed by atoms with Crippen LogP contribution in [0, 0.1) is 5.92 Å². The highest BCUT2D eigenvalue weighted by Gasteiger charge is 2.25. The molecule has 0 aliphatic carbocycles. The van der Waals surface area contributed by atoms with E-state index >= 15 is 0 Å². The van der Waals surface area contributed by atoms with Crippen LogP contribution in [0.15, 0.2) is 35.8 Å². The molecule has 1 aliphatic heterocycles. The predicted octanol–water partition coefficient (Wildman–Crippen LogP) is 2.39. The van der Waals surface area contributed by atoms with Gasteiger partial charge in [0.25, 0.3) is 5.91 Å². The maximum atomic E-state index is 11.5. The lowest BCUT2D eigenvalue weighted by atomic mass is 9.86. The summed E-state index contributed by atoms with van der Waals surface area (Å²) in [6, 6.07) is 0. The highest BCUT2D eigenvalue weighted by molar-refractivity contribution is 7.15. The van der Waals surface area contributed by atoms with E-state index in [0.29, 0.717) is 24.4 Å². The lowest BCUT2D eigenvalue weighted by Gasteiger charge is -2.30. The van der Waals surface area contributed by atoms with Crippen molar-refractivity contribution >= 4 is 15.1 Å². The first-order valence-corrected chi connectivity index (χ1v) is 9.43. The Morgan fingerprint density at radius 3 is 2.62 bits per heavy atom. The molecule has 0 saturated heterocycles. The molecule has 0 saturated carbocycles. The Morgan fingerprint density at radius 2 is 2.12 bits per heavy atom. The van der Waals surface area contributed by atoms with Gasteiger partial charge < -0.3 is 20.4 Å². The van der Waals surface area contributed by atoms with Gasteiger partial charge in [0.2, 0.25) is 0 Å². The van der Waals surface area contributed by atoms with Crippen molar-refractivity contribution in [3.8, 4) is 0 Å². The zero-order valence-corrected chi connectivity index (χ0v) is 16.7. The quantitative estimate of drug-likeness (QED) is 0.484. The SMILES string of the molecule is C=C1NC(=O)C(C)=CN1CCC(=CC(C)(O)C(C)CC)CO.CP. The summed E-state index contributed by atoms with van der Waals surface area (Å²) in [5, 5.41) is 22.7. The minimum atomic E-state index is -0.939. The average Bonchev–Trinajstić information content (AvgIpc) is 2.56. The Labute approximate surface area is 148 Å². The second-order valence-corrected chi connectivity index (χ2v) is 6.15. The maximum absolute atomic E-state index is 11.5. The van der Waals surface area contributed by atoms with Crippen LogP contribution in [0.3, 0.4) is 0 Å². The maximum Gasteiger partial charge on any atom is 0.253 e. The van der Waals surface area contributed by atoms with Crippen molar-refractivity contribution in [3.05, 3.63) is 35.8 Å². The molecule has 24 heavy (non-hydrogen) atoms. The van der Waals surface area contributed by atoms with E-state index < -0.39 is 5.60 Å². The molecule has 1 aliphatic rings. The molecule has 1 heterocycles. The molecular formula is C18H33N2O3P. The summed E-state index contributed by atoms with van der Waals surface area (Å²) >= 11 is 0. The largest absolute Gasteiger partial charge is 0.392 e. The number of amides is 1. The molecule has 3 atom stereocenters. The van der Waals surface area contributed by atoms with Gasteiger partial charge in [0.15, 0.2) is 0 Å². The van der Waals surface area contributed by atoms with E-state index in [-0.39, 0.29) is 18.4 Å². The van der Waals surface area contributed by atoms with Crippen molar-refractivity contribution < 1.29 is 15.0 Å². The lowest BCUT2D eigenvalue weighted by Crippen LogP contribution is -2.38. The standard InChI is InChI=1S/C17H28N2O3.CH5P/c1-6-13(3)17(5,22)9-15(11-20)7-8-19-10-12(2)16(21)18-14(19)4;1-2/h9-10,13,20,22H,4,6-8,11H2,1-3,5H3,(H,18,21);2H2,1H3. The number of aliphatic hydroxyl groups is 2. The second kappa shape index (κ2) is 10.7. The summed E-state index contributed by atoms with van der Waals surface area (Å²) in [6.45, 7) is 13.7. The van der Waals surface area contributed by atoms with E-state index in [9.17, 15) is 15.0 Å². The minimum absolute atomic E-state index is 0.0953. The van der Waals surface area contributed by atoms with Crippen LogP contribution in [0.4, 0.5) is 0 Å². The molecule has 1 rings (SSSR count). The molecule has 0 spiro atoms. The smallest absolute Gasteiger partial charge is 0.253 e. The summed E-state index contributed by atoms with van der Waals surface area (Å²) in [5.41, 5.74) is 0.459. The van der Waals surface area contributed by atoms with Gasteiger partial charge in [-0.1, -0.05) is 39.6 Å². The second-order valence-electron chi connectivity index (χ2n) is 6.15. The number of nitrogens with zero attached hydrogens (tertiary/aromatic N) is 1. The summed E-state index contributed by atoms with van der Waals surface area (Å²) in [5.74, 6) is 0.501. The third-order valence-corrected chi connectivity index (χ3v) is 4.30. The number of carbonyl (C=O) groups is 1. The molecule has 3 unspecified atom stereocenters. The van der Waals surface area contributed by atoms with Gasteiger partial charge in [-0.2, -0.15) is 0 Å². The van der Waals surface area contributed by atoms with E-state index in [0.717, 1.165) is 12.0 Å². The van der Waals surface area contributed by atoms with Gasteiger partial charge in [-0.05, 0) is 31.8 Å². The van der Waals surface area contributed by atoms with E-state index in [1.165, 1.54) is 0 Å². The topological polar surface area (TPSA) is 72.8 Å². The molecule has 0 aromatic carbocycles. The van der Waals surface area contributed by atoms with Crippen LogP contribution >= 0.6 is 9.24 Å². The van der Waals surface area contributed by atoms with Crippen molar-refractivity contribution in [1.82, 2.24) is 10.2 Å². The highest BCUT2D eigenvalue weighted by Crippen LogP contribution is 2.24. The Bertz CT molecular complexity index is 498. The number of carbonyl (C=O) groups excluding carboxylic acids is 1. The molecule has 0 aromatic heterocycles. The zero-order valence-electron chi connectivity index (χ0n) is 15.6. The van der Waals surface area contributed by atoms with Crippen LogP contribution in [0.1, 0.15) is 40.5 Å². The number of aliphatic hydroxyl groups excluding tert-OH is 1. The van der Waals surface area contributed by atoms with Gasteiger partial charge in [-0.25, -0.2) is 0 Å². The fraction of sp³-hybridized carbons (Fsp3) is 0.611. The van der Waals surface area contributed by atoms with Crippen LogP contribution < -0.4 is 5.32 Å². The molecule has 1 amide bonds. The average molecular weight is 356 g/mol. The van der Waals surface area contributed by atoms with Crippen molar-refractivity contribution in [2.24, 2.45) is 5.92 Å². The summed E-state index contributed by atoms with van der Waals surface area (Å²) in [6.07, 6.45) is 4.95.